The second kappa shape index (κ2) is 4.94. The minimum atomic E-state index is -0.601. The number of non-ortho nitro benzene ring substituents is 1. The zero-order valence-corrected chi connectivity index (χ0v) is 10.5. The van der Waals surface area contributed by atoms with Gasteiger partial charge in [-0.3, -0.25) is 10.1 Å². The number of nitrogens with zero attached hydrogens (tertiary/aromatic N) is 2. The summed E-state index contributed by atoms with van der Waals surface area (Å²) in [5, 5.41) is 20.9. The number of benzene rings is 1. The van der Waals surface area contributed by atoms with Gasteiger partial charge in [0, 0.05) is 31.4 Å². The molecule has 1 N–H and O–H groups in total. The Kier molecular flexibility index (Phi) is 3.52. The zero-order valence-electron chi connectivity index (χ0n) is 10.5. The van der Waals surface area contributed by atoms with Crippen LogP contribution in [0.25, 0.3) is 0 Å². The molecule has 0 amide bonds. The van der Waals surface area contributed by atoms with Crippen LogP contribution in [-0.4, -0.2) is 29.2 Å². The summed E-state index contributed by atoms with van der Waals surface area (Å²) >= 11 is 0. The predicted octanol–water partition coefficient (Wildman–Crippen LogP) is 2.34. The standard InChI is InChI=1S/C13H18N2O3/c1-14(10-13(16)8-2-3-9-13)11-4-6-12(7-5-11)15(17)18/h4-7,16H,2-3,8-10H2,1H3. The maximum atomic E-state index is 10.6. The fourth-order valence-electron chi connectivity index (χ4n) is 2.55. The van der Waals surface area contributed by atoms with Gasteiger partial charge in [0.1, 0.15) is 0 Å². The normalized spacial score (nSPS) is 17.7. The largest absolute Gasteiger partial charge is 0.388 e. The van der Waals surface area contributed by atoms with E-state index in [0.717, 1.165) is 31.4 Å². The van der Waals surface area contributed by atoms with Crippen molar-refractivity contribution in [1.29, 1.82) is 0 Å². The van der Waals surface area contributed by atoms with Gasteiger partial charge in [-0.2, -0.15) is 0 Å². The fraction of sp³-hybridized carbons (Fsp3) is 0.538. The third kappa shape index (κ3) is 2.79. The number of anilines is 1. The highest BCUT2D eigenvalue weighted by atomic mass is 16.6. The molecule has 0 atom stereocenters. The first-order valence-electron chi connectivity index (χ1n) is 6.18. The summed E-state index contributed by atoms with van der Waals surface area (Å²) in [6.07, 6.45) is 3.82. The van der Waals surface area contributed by atoms with E-state index in [9.17, 15) is 15.2 Å². The van der Waals surface area contributed by atoms with Crippen LogP contribution in [0.5, 0.6) is 0 Å². The number of likely N-dealkylation sites (N-methyl/N-ethyl adjacent to an activating group) is 1. The number of aliphatic hydroxyl groups is 1. The average molecular weight is 250 g/mol. The van der Waals surface area contributed by atoms with E-state index in [-0.39, 0.29) is 5.69 Å². The van der Waals surface area contributed by atoms with E-state index < -0.39 is 10.5 Å². The van der Waals surface area contributed by atoms with Crippen LogP contribution in [0, 0.1) is 10.1 Å². The van der Waals surface area contributed by atoms with Gasteiger partial charge < -0.3 is 10.0 Å². The predicted molar refractivity (Wildman–Crippen MR) is 69.8 cm³/mol. The van der Waals surface area contributed by atoms with Gasteiger partial charge in [-0.25, -0.2) is 0 Å². The first-order chi connectivity index (χ1) is 8.50. The molecule has 1 fully saturated rings. The molecule has 1 aliphatic rings. The number of nitro groups is 1. The molecule has 5 nitrogen and oxygen atoms in total. The second-order valence-corrected chi connectivity index (χ2v) is 5.06. The van der Waals surface area contributed by atoms with Crippen LogP contribution in [0.2, 0.25) is 0 Å². The molecular formula is C13H18N2O3. The molecule has 0 saturated heterocycles. The van der Waals surface area contributed by atoms with Gasteiger partial charge >= 0.3 is 0 Å². The number of hydrogen-bond acceptors (Lipinski definition) is 4. The molecular weight excluding hydrogens is 232 g/mol. The molecule has 0 unspecified atom stereocenters. The summed E-state index contributed by atoms with van der Waals surface area (Å²) in [5.74, 6) is 0. The second-order valence-electron chi connectivity index (χ2n) is 5.06. The lowest BCUT2D eigenvalue weighted by Gasteiger charge is -2.29. The van der Waals surface area contributed by atoms with E-state index in [1.165, 1.54) is 12.1 Å². The van der Waals surface area contributed by atoms with Crippen LogP contribution in [-0.2, 0) is 0 Å². The average Bonchev–Trinajstić information content (AvgIpc) is 2.76. The van der Waals surface area contributed by atoms with Crippen LogP contribution in [0.3, 0.4) is 0 Å². The lowest BCUT2D eigenvalue weighted by Crippen LogP contribution is -2.39. The van der Waals surface area contributed by atoms with Crippen molar-refractivity contribution in [3.63, 3.8) is 0 Å². The molecule has 18 heavy (non-hydrogen) atoms. The van der Waals surface area contributed by atoms with Crippen molar-refractivity contribution >= 4 is 11.4 Å². The monoisotopic (exact) mass is 250 g/mol. The Morgan fingerprint density at radius 3 is 2.39 bits per heavy atom. The molecule has 0 heterocycles. The van der Waals surface area contributed by atoms with Crippen molar-refractivity contribution in [2.24, 2.45) is 0 Å². The molecule has 1 aliphatic carbocycles. The van der Waals surface area contributed by atoms with Crippen molar-refractivity contribution in [3.05, 3.63) is 34.4 Å². The highest BCUT2D eigenvalue weighted by molar-refractivity contribution is 5.50. The van der Waals surface area contributed by atoms with Crippen LogP contribution in [0.4, 0.5) is 11.4 Å². The Morgan fingerprint density at radius 1 is 1.33 bits per heavy atom. The summed E-state index contributed by atoms with van der Waals surface area (Å²) in [4.78, 5) is 12.1. The molecule has 98 valence electrons. The number of rotatable bonds is 4. The summed E-state index contributed by atoms with van der Waals surface area (Å²) in [5.41, 5.74) is 0.379. The fourth-order valence-corrected chi connectivity index (χ4v) is 2.55. The van der Waals surface area contributed by atoms with Gasteiger partial charge in [0.05, 0.1) is 10.5 Å². The van der Waals surface area contributed by atoms with E-state index in [2.05, 4.69) is 0 Å². The Labute approximate surface area is 106 Å². The third-order valence-electron chi connectivity index (χ3n) is 3.57. The van der Waals surface area contributed by atoms with Crippen molar-refractivity contribution < 1.29 is 10.0 Å². The van der Waals surface area contributed by atoms with E-state index in [1.54, 1.807) is 12.1 Å². The minimum Gasteiger partial charge on any atom is -0.388 e. The lowest BCUT2D eigenvalue weighted by molar-refractivity contribution is -0.384. The Hall–Kier alpha value is -1.62. The van der Waals surface area contributed by atoms with Crippen molar-refractivity contribution in [2.45, 2.75) is 31.3 Å². The van der Waals surface area contributed by atoms with Gasteiger partial charge in [-0.05, 0) is 25.0 Å². The Bertz CT molecular complexity index is 424. The van der Waals surface area contributed by atoms with Gasteiger partial charge in [-0.1, -0.05) is 12.8 Å². The summed E-state index contributed by atoms with van der Waals surface area (Å²) < 4.78 is 0. The molecule has 1 aromatic carbocycles. The van der Waals surface area contributed by atoms with E-state index in [1.807, 2.05) is 11.9 Å². The van der Waals surface area contributed by atoms with Crippen LogP contribution in [0.15, 0.2) is 24.3 Å². The molecule has 0 spiro atoms. The lowest BCUT2D eigenvalue weighted by atomic mass is 10.0. The highest BCUT2D eigenvalue weighted by Crippen LogP contribution is 2.31. The molecule has 0 radical (unpaired) electrons. The zero-order chi connectivity index (χ0) is 13.2. The van der Waals surface area contributed by atoms with Gasteiger partial charge in [0.15, 0.2) is 0 Å². The summed E-state index contributed by atoms with van der Waals surface area (Å²) in [6, 6.07) is 6.42. The molecule has 1 aromatic rings. The van der Waals surface area contributed by atoms with Gasteiger partial charge in [0.25, 0.3) is 5.69 Å². The summed E-state index contributed by atoms with van der Waals surface area (Å²) in [6.45, 7) is 0.574. The molecule has 2 rings (SSSR count). The SMILES string of the molecule is CN(CC1(O)CCCC1)c1ccc([N+](=O)[O-])cc1. The molecule has 0 aliphatic heterocycles. The van der Waals surface area contributed by atoms with Crippen molar-refractivity contribution in [2.75, 3.05) is 18.5 Å². The van der Waals surface area contributed by atoms with Gasteiger partial charge in [0.2, 0.25) is 0 Å². The highest BCUT2D eigenvalue weighted by Gasteiger charge is 2.32. The quantitative estimate of drug-likeness (QED) is 0.658. The number of hydrogen-bond donors (Lipinski definition) is 1. The smallest absolute Gasteiger partial charge is 0.269 e. The molecule has 1 saturated carbocycles. The maximum Gasteiger partial charge on any atom is 0.269 e. The van der Waals surface area contributed by atoms with Crippen LogP contribution in [0.1, 0.15) is 25.7 Å². The Balaban J connectivity index is 2.04. The van der Waals surface area contributed by atoms with Gasteiger partial charge in [-0.15, -0.1) is 0 Å². The van der Waals surface area contributed by atoms with E-state index in [4.69, 9.17) is 0 Å². The molecule has 0 bridgehead atoms. The third-order valence-corrected chi connectivity index (χ3v) is 3.57. The van der Waals surface area contributed by atoms with Crippen molar-refractivity contribution in [3.8, 4) is 0 Å². The van der Waals surface area contributed by atoms with Crippen LogP contribution >= 0.6 is 0 Å². The topological polar surface area (TPSA) is 66.6 Å². The van der Waals surface area contributed by atoms with E-state index in [0.29, 0.717) is 6.54 Å². The van der Waals surface area contributed by atoms with Crippen LogP contribution < -0.4 is 4.90 Å². The minimum absolute atomic E-state index is 0.0896. The number of nitro benzene ring substituents is 1. The Morgan fingerprint density at radius 2 is 1.89 bits per heavy atom. The molecule has 5 heteroatoms. The first kappa shape index (κ1) is 12.8. The summed E-state index contributed by atoms with van der Waals surface area (Å²) in [7, 11) is 1.90. The van der Waals surface area contributed by atoms with E-state index >= 15 is 0 Å². The van der Waals surface area contributed by atoms with Crippen molar-refractivity contribution in [1.82, 2.24) is 0 Å². The first-order valence-corrected chi connectivity index (χ1v) is 6.18. The molecule has 0 aromatic heterocycles. The maximum absolute atomic E-state index is 10.6.